The lowest BCUT2D eigenvalue weighted by Gasteiger charge is -2.38. The van der Waals surface area contributed by atoms with Crippen molar-refractivity contribution in [3.8, 4) is 0 Å². The molecule has 0 unspecified atom stereocenters. The molecule has 0 aromatic heterocycles. The summed E-state index contributed by atoms with van der Waals surface area (Å²) < 4.78 is 0. The highest BCUT2D eigenvalue weighted by Gasteiger charge is 2.31. The molecule has 0 bridgehead atoms. The summed E-state index contributed by atoms with van der Waals surface area (Å²) >= 11 is 0. The van der Waals surface area contributed by atoms with Crippen LogP contribution >= 0.6 is 24.8 Å². The summed E-state index contributed by atoms with van der Waals surface area (Å²) in [5.41, 5.74) is 6.46. The van der Waals surface area contributed by atoms with E-state index in [4.69, 9.17) is 5.73 Å². The Bertz CT molecular complexity index is 132. The van der Waals surface area contributed by atoms with Crippen LogP contribution in [0.3, 0.4) is 0 Å². The first-order valence-corrected chi connectivity index (χ1v) is 5.22. The van der Waals surface area contributed by atoms with Crippen LogP contribution < -0.4 is 11.1 Å². The number of rotatable bonds is 3. The van der Waals surface area contributed by atoms with Crippen LogP contribution in [0.5, 0.6) is 0 Å². The zero-order valence-corrected chi connectivity index (χ0v) is 10.8. The van der Waals surface area contributed by atoms with Crippen molar-refractivity contribution >= 4 is 24.8 Å². The summed E-state index contributed by atoms with van der Waals surface area (Å²) in [6.45, 7) is 6.74. The second kappa shape index (κ2) is 7.75. The molecule has 0 spiro atoms. The van der Waals surface area contributed by atoms with Gasteiger partial charge in [0.2, 0.25) is 0 Å². The van der Waals surface area contributed by atoms with Crippen LogP contribution in [-0.4, -0.2) is 18.6 Å². The minimum atomic E-state index is 0. The maximum Gasteiger partial charge on any atom is 0.0178 e. The molecule has 0 aliphatic carbocycles. The predicted molar refractivity (Wildman–Crippen MR) is 67.6 cm³/mol. The quantitative estimate of drug-likeness (QED) is 0.798. The molecule has 0 atom stereocenters. The molecule has 1 aliphatic heterocycles. The van der Waals surface area contributed by atoms with Gasteiger partial charge in [-0.25, -0.2) is 0 Å². The number of hydrogen-bond acceptors (Lipinski definition) is 2. The molecule has 2 nitrogen and oxygen atoms in total. The molecule has 0 radical (unpaired) electrons. The van der Waals surface area contributed by atoms with Crippen LogP contribution in [-0.2, 0) is 0 Å². The normalized spacial score (nSPS) is 18.2. The van der Waals surface area contributed by atoms with E-state index in [1.165, 1.54) is 12.8 Å². The van der Waals surface area contributed by atoms with Crippen molar-refractivity contribution in [2.24, 2.45) is 11.7 Å². The fraction of sp³-hybridized carbons (Fsp3) is 1.00. The minimum absolute atomic E-state index is 0. The third-order valence-electron chi connectivity index (χ3n) is 3.47. The number of piperidine rings is 1. The van der Waals surface area contributed by atoms with Gasteiger partial charge in [-0.3, -0.25) is 0 Å². The van der Waals surface area contributed by atoms with E-state index in [0.717, 1.165) is 31.8 Å². The monoisotopic (exact) mass is 242 g/mol. The third-order valence-corrected chi connectivity index (χ3v) is 3.47. The largest absolute Gasteiger partial charge is 0.325 e. The van der Waals surface area contributed by atoms with Gasteiger partial charge in [0, 0.05) is 5.54 Å². The average Bonchev–Trinajstić information content (AvgIpc) is 2.18. The van der Waals surface area contributed by atoms with Gasteiger partial charge >= 0.3 is 0 Å². The molecule has 1 heterocycles. The lowest BCUT2D eigenvalue weighted by Crippen LogP contribution is -2.49. The molecule has 0 saturated carbocycles. The summed E-state index contributed by atoms with van der Waals surface area (Å²) in [7, 11) is 0. The van der Waals surface area contributed by atoms with Gasteiger partial charge in [-0.2, -0.15) is 0 Å². The molecule has 0 aromatic rings. The Morgan fingerprint density at radius 3 is 1.93 bits per heavy atom. The minimum Gasteiger partial charge on any atom is -0.325 e. The molecule has 1 saturated heterocycles. The Hall–Kier alpha value is 0.500. The second-order valence-electron chi connectivity index (χ2n) is 3.96. The number of halogens is 2. The maximum absolute atomic E-state index is 6.34. The average molecular weight is 243 g/mol. The zero-order valence-electron chi connectivity index (χ0n) is 9.21. The van der Waals surface area contributed by atoms with Gasteiger partial charge < -0.3 is 11.1 Å². The molecule has 1 rings (SSSR count). The number of nitrogens with two attached hydrogens (primary N) is 1. The third kappa shape index (κ3) is 3.93. The van der Waals surface area contributed by atoms with Crippen molar-refractivity contribution in [1.29, 1.82) is 0 Å². The van der Waals surface area contributed by atoms with E-state index in [2.05, 4.69) is 19.2 Å². The molecule has 0 aromatic carbocycles. The fourth-order valence-corrected chi connectivity index (χ4v) is 2.22. The van der Waals surface area contributed by atoms with E-state index in [9.17, 15) is 0 Å². The predicted octanol–water partition coefficient (Wildman–Crippen LogP) is 2.35. The Labute approximate surface area is 100 Å². The topological polar surface area (TPSA) is 38.0 Å². The lowest BCUT2D eigenvalue weighted by molar-refractivity contribution is 0.201. The highest BCUT2D eigenvalue weighted by molar-refractivity contribution is 5.85. The molecular formula is C10H24Cl2N2. The smallest absolute Gasteiger partial charge is 0.0178 e. The standard InChI is InChI=1S/C10H22N2.2ClH/c1-3-10(11,4-2)9-5-7-12-8-6-9;;/h9,12H,3-8,11H2,1-2H3;2*1H. The van der Waals surface area contributed by atoms with E-state index >= 15 is 0 Å². The summed E-state index contributed by atoms with van der Waals surface area (Å²) in [6, 6.07) is 0. The zero-order chi connectivity index (χ0) is 9.03. The van der Waals surface area contributed by atoms with Gasteiger partial charge in [-0.05, 0) is 44.7 Å². The Morgan fingerprint density at radius 1 is 1.14 bits per heavy atom. The van der Waals surface area contributed by atoms with Crippen LogP contribution in [0.25, 0.3) is 0 Å². The molecule has 88 valence electrons. The molecule has 4 heteroatoms. The van der Waals surface area contributed by atoms with E-state index in [0.29, 0.717) is 0 Å². The van der Waals surface area contributed by atoms with Gasteiger partial charge in [0.25, 0.3) is 0 Å². The summed E-state index contributed by atoms with van der Waals surface area (Å²) in [5.74, 6) is 0.744. The van der Waals surface area contributed by atoms with E-state index in [1.807, 2.05) is 0 Å². The molecule has 14 heavy (non-hydrogen) atoms. The van der Waals surface area contributed by atoms with Crippen LogP contribution in [0.15, 0.2) is 0 Å². The van der Waals surface area contributed by atoms with Gasteiger partial charge in [0.1, 0.15) is 0 Å². The van der Waals surface area contributed by atoms with Crippen LogP contribution in [0.2, 0.25) is 0 Å². The fourth-order valence-electron chi connectivity index (χ4n) is 2.22. The molecular weight excluding hydrogens is 219 g/mol. The number of nitrogens with one attached hydrogen (secondary N) is 1. The molecule has 1 aliphatic rings. The summed E-state index contributed by atoms with van der Waals surface area (Å²) in [4.78, 5) is 0. The van der Waals surface area contributed by atoms with Gasteiger partial charge in [0.05, 0.1) is 0 Å². The van der Waals surface area contributed by atoms with Crippen molar-refractivity contribution in [2.75, 3.05) is 13.1 Å². The Kier molecular flexibility index (Phi) is 9.36. The second-order valence-corrected chi connectivity index (χ2v) is 3.96. The van der Waals surface area contributed by atoms with Gasteiger partial charge in [-0.1, -0.05) is 13.8 Å². The van der Waals surface area contributed by atoms with Crippen LogP contribution in [0, 0.1) is 5.92 Å². The van der Waals surface area contributed by atoms with Gasteiger partial charge in [0.15, 0.2) is 0 Å². The Morgan fingerprint density at radius 2 is 1.57 bits per heavy atom. The summed E-state index contributed by atoms with van der Waals surface area (Å²) in [5, 5.41) is 3.38. The van der Waals surface area contributed by atoms with Crippen molar-refractivity contribution in [3.63, 3.8) is 0 Å². The Balaban J connectivity index is 0. The van der Waals surface area contributed by atoms with E-state index in [1.54, 1.807) is 0 Å². The highest BCUT2D eigenvalue weighted by Crippen LogP contribution is 2.29. The first-order valence-electron chi connectivity index (χ1n) is 5.22. The molecule has 3 N–H and O–H groups in total. The molecule has 0 amide bonds. The lowest BCUT2D eigenvalue weighted by atomic mass is 9.75. The van der Waals surface area contributed by atoms with Crippen molar-refractivity contribution in [2.45, 2.75) is 45.1 Å². The highest BCUT2D eigenvalue weighted by atomic mass is 35.5. The SMILES string of the molecule is CCC(N)(CC)C1CCNCC1.Cl.Cl. The van der Waals surface area contributed by atoms with Gasteiger partial charge in [-0.15, -0.1) is 24.8 Å². The van der Waals surface area contributed by atoms with Crippen molar-refractivity contribution in [1.82, 2.24) is 5.32 Å². The van der Waals surface area contributed by atoms with E-state index in [-0.39, 0.29) is 30.4 Å². The van der Waals surface area contributed by atoms with Crippen molar-refractivity contribution < 1.29 is 0 Å². The van der Waals surface area contributed by atoms with E-state index < -0.39 is 0 Å². The van der Waals surface area contributed by atoms with Crippen molar-refractivity contribution in [3.05, 3.63) is 0 Å². The number of hydrogen-bond donors (Lipinski definition) is 2. The maximum atomic E-state index is 6.34. The van der Waals surface area contributed by atoms with Crippen LogP contribution in [0.4, 0.5) is 0 Å². The molecule has 1 fully saturated rings. The van der Waals surface area contributed by atoms with Crippen LogP contribution in [0.1, 0.15) is 39.5 Å². The first-order chi connectivity index (χ1) is 5.73. The summed E-state index contributed by atoms with van der Waals surface area (Å²) in [6.07, 6.45) is 4.76. The first kappa shape index (κ1) is 16.9.